The predicted octanol–water partition coefficient (Wildman–Crippen LogP) is -0.405. The summed E-state index contributed by atoms with van der Waals surface area (Å²) in [6, 6.07) is 0. The molecule has 0 saturated carbocycles. The number of nitrogens with zero attached hydrogens (tertiary/aromatic N) is 6. The molecule has 0 N–H and O–H groups in total. The molecule has 0 unspecified atom stereocenters. The number of likely N-dealkylation sites (N-methyl/N-ethyl adjacent to an activating group) is 1. The van der Waals surface area contributed by atoms with Gasteiger partial charge in [0.15, 0.2) is 0 Å². The first kappa shape index (κ1) is 15.1. The Hall–Kier alpha value is -2.29. The van der Waals surface area contributed by atoms with E-state index in [9.17, 15) is 14.9 Å². The molecular weight excluding hydrogens is 276 g/mol. The first-order chi connectivity index (χ1) is 9.97. The fraction of sp³-hybridized carbons (Fsp3) is 0.583. The Morgan fingerprint density at radius 3 is 2.33 bits per heavy atom. The normalized spacial score (nSPS) is 15.4. The number of amides is 1. The largest absolute Gasteiger partial charge is 0.338 e. The first-order valence-electron chi connectivity index (χ1n) is 6.61. The highest BCUT2D eigenvalue weighted by Crippen LogP contribution is 2.14. The molecule has 0 atom stereocenters. The molecule has 0 aliphatic carbocycles. The molecule has 1 saturated heterocycles. The molecule has 1 amide bonds. The second kappa shape index (κ2) is 6.44. The number of anilines is 1. The summed E-state index contributed by atoms with van der Waals surface area (Å²) >= 11 is 0. The third-order valence-electron chi connectivity index (χ3n) is 3.20. The van der Waals surface area contributed by atoms with E-state index in [1.807, 2.05) is 28.8 Å². The number of hydrogen-bond acceptors (Lipinski definition) is 7. The van der Waals surface area contributed by atoms with Crippen LogP contribution in [0.4, 0.5) is 11.6 Å². The molecule has 9 heteroatoms. The Balaban J connectivity index is 1.91. The van der Waals surface area contributed by atoms with Crippen LogP contribution in [-0.4, -0.2) is 77.4 Å². The van der Waals surface area contributed by atoms with Crippen molar-refractivity contribution in [1.82, 2.24) is 19.8 Å². The van der Waals surface area contributed by atoms with Crippen LogP contribution < -0.4 is 4.90 Å². The van der Waals surface area contributed by atoms with Gasteiger partial charge in [-0.3, -0.25) is 14.9 Å². The third-order valence-corrected chi connectivity index (χ3v) is 3.20. The van der Waals surface area contributed by atoms with Crippen LogP contribution >= 0.6 is 0 Å². The zero-order valence-corrected chi connectivity index (χ0v) is 12.1. The Morgan fingerprint density at radius 1 is 1.29 bits per heavy atom. The topological polar surface area (TPSA) is 95.7 Å². The van der Waals surface area contributed by atoms with Crippen LogP contribution in [0.1, 0.15) is 0 Å². The van der Waals surface area contributed by atoms with Crippen molar-refractivity contribution in [3.05, 3.63) is 22.5 Å². The lowest BCUT2D eigenvalue weighted by molar-refractivity contribution is -0.385. The van der Waals surface area contributed by atoms with Crippen molar-refractivity contribution in [2.24, 2.45) is 0 Å². The van der Waals surface area contributed by atoms with E-state index in [4.69, 9.17) is 0 Å². The highest BCUT2D eigenvalue weighted by atomic mass is 16.6. The van der Waals surface area contributed by atoms with E-state index in [-0.39, 0.29) is 11.6 Å². The van der Waals surface area contributed by atoms with E-state index in [2.05, 4.69) is 9.97 Å². The molecular formula is C12H18N6O3. The van der Waals surface area contributed by atoms with Crippen molar-refractivity contribution >= 4 is 17.5 Å². The number of hydrogen-bond donors (Lipinski definition) is 0. The Bertz CT molecular complexity index is 510. The average Bonchev–Trinajstić information content (AvgIpc) is 2.47. The molecule has 2 heterocycles. The van der Waals surface area contributed by atoms with E-state index in [1.165, 1.54) is 12.4 Å². The van der Waals surface area contributed by atoms with Gasteiger partial charge in [-0.05, 0) is 14.1 Å². The molecule has 1 aromatic rings. The molecule has 21 heavy (non-hydrogen) atoms. The fourth-order valence-electron chi connectivity index (χ4n) is 2.10. The van der Waals surface area contributed by atoms with Gasteiger partial charge in [0.25, 0.3) is 0 Å². The minimum atomic E-state index is -0.526. The summed E-state index contributed by atoms with van der Waals surface area (Å²) in [7, 11) is 3.72. The summed E-state index contributed by atoms with van der Waals surface area (Å²) in [5, 5.41) is 10.6. The maximum Gasteiger partial charge on any atom is 0.305 e. The van der Waals surface area contributed by atoms with Crippen LogP contribution in [0, 0.1) is 10.1 Å². The van der Waals surface area contributed by atoms with Crippen molar-refractivity contribution in [2.45, 2.75) is 0 Å². The van der Waals surface area contributed by atoms with E-state index < -0.39 is 4.92 Å². The zero-order valence-electron chi connectivity index (χ0n) is 12.1. The number of rotatable bonds is 4. The molecule has 1 aromatic heterocycles. The summed E-state index contributed by atoms with van der Waals surface area (Å²) in [6.07, 6.45) is 2.40. The maximum atomic E-state index is 11.9. The van der Waals surface area contributed by atoms with Gasteiger partial charge in [-0.15, -0.1) is 0 Å². The van der Waals surface area contributed by atoms with Gasteiger partial charge < -0.3 is 14.7 Å². The van der Waals surface area contributed by atoms with Crippen molar-refractivity contribution in [3.63, 3.8) is 0 Å². The monoisotopic (exact) mass is 294 g/mol. The van der Waals surface area contributed by atoms with Crippen molar-refractivity contribution in [1.29, 1.82) is 0 Å². The highest BCUT2D eigenvalue weighted by Gasteiger charge is 2.23. The quantitative estimate of drug-likeness (QED) is 0.550. The lowest BCUT2D eigenvalue weighted by Gasteiger charge is -2.35. The smallest absolute Gasteiger partial charge is 0.305 e. The molecule has 0 radical (unpaired) electrons. The van der Waals surface area contributed by atoms with E-state index in [1.54, 1.807) is 0 Å². The van der Waals surface area contributed by atoms with Gasteiger partial charge >= 0.3 is 5.69 Å². The van der Waals surface area contributed by atoms with Gasteiger partial charge in [-0.2, -0.15) is 0 Å². The predicted molar refractivity (Wildman–Crippen MR) is 76.0 cm³/mol. The SMILES string of the molecule is CN(C)CC(=O)N1CCN(c2ncc([N+](=O)[O-])cn2)CC1. The van der Waals surface area contributed by atoms with Crippen LogP contribution in [0.2, 0.25) is 0 Å². The van der Waals surface area contributed by atoms with Crippen LogP contribution in [0.25, 0.3) is 0 Å². The van der Waals surface area contributed by atoms with Gasteiger partial charge in [0.1, 0.15) is 12.4 Å². The molecule has 9 nitrogen and oxygen atoms in total. The van der Waals surface area contributed by atoms with Crippen molar-refractivity contribution in [3.8, 4) is 0 Å². The average molecular weight is 294 g/mol. The zero-order chi connectivity index (χ0) is 15.4. The van der Waals surface area contributed by atoms with Crippen molar-refractivity contribution in [2.75, 3.05) is 51.7 Å². The number of aromatic nitrogens is 2. The second-order valence-corrected chi connectivity index (χ2v) is 5.10. The number of piperazine rings is 1. The Labute approximate surface area is 122 Å². The van der Waals surface area contributed by atoms with Crippen LogP contribution in [0.15, 0.2) is 12.4 Å². The Morgan fingerprint density at radius 2 is 1.86 bits per heavy atom. The van der Waals surface area contributed by atoms with Gasteiger partial charge in [-0.1, -0.05) is 0 Å². The lowest BCUT2D eigenvalue weighted by atomic mass is 10.3. The van der Waals surface area contributed by atoms with Gasteiger partial charge in [0.2, 0.25) is 11.9 Å². The Kier molecular flexibility index (Phi) is 4.63. The number of nitro groups is 1. The van der Waals surface area contributed by atoms with E-state index >= 15 is 0 Å². The van der Waals surface area contributed by atoms with Gasteiger partial charge in [0.05, 0.1) is 11.5 Å². The van der Waals surface area contributed by atoms with E-state index in [0.29, 0.717) is 38.7 Å². The highest BCUT2D eigenvalue weighted by molar-refractivity contribution is 5.78. The third kappa shape index (κ3) is 3.85. The number of carbonyl (C=O) groups is 1. The minimum Gasteiger partial charge on any atom is -0.338 e. The summed E-state index contributed by atoms with van der Waals surface area (Å²) in [4.78, 5) is 35.5. The van der Waals surface area contributed by atoms with Crippen LogP contribution in [-0.2, 0) is 4.79 Å². The molecule has 0 bridgehead atoms. The molecule has 0 spiro atoms. The second-order valence-electron chi connectivity index (χ2n) is 5.10. The molecule has 114 valence electrons. The summed E-state index contributed by atoms with van der Waals surface area (Å²) in [5.74, 6) is 0.560. The van der Waals surface area contributed by atoms with Gasteiger partial charge in [-0.25, -0.2) is 9.97 Å². The molecule has 2 rings (SSSR count). The lowest BCUT2D eigenvalue weighted by Crippen LogP contribution is -2.51. The summed E-state index contributed by atoms with van der Waals surface area (Å²) < 4.78 is 0. The summed E-state index contributed by atoms with van der Waals surface area (Å²) in [6.45, 7) is 2.85. The van der Waals surface area contributed by atoms with E-state index in [0.717, 1.165) is 0 Å². The van der Waals surface area contributed by atoms with Crippen molar-refractivity contribution < 1.29 is 9.72 Å². The fourth-order valence-corrected chi connectivity index (χ4v) is 2.10. The minimum absolute atomic E-state index is 0.101. The number of carbonyl (C=O) groups excluding carboxylic acids is 1. The molecule has 1 aliphatic rings. The molecule has 1 aliphatic heterocycles. The maximum absolute atomic E-state index is 11.9. The van der Waals surface area contributed by atoms with Crippen LogP contribution in [0.5, 0.6) is 0 Å². The summed E-state index contributed by atoms with van der Waals surface area (Å²) in [5.41, 5.74) is -0.126. The van der Waals surface area contributed by atoms with Gasteiger partial charge in [0, 0.05) is 26.2 Å². The molecule has 0 aromatic carbocycles. The first-order valence-corrected chi connectivity index (χ1v) is 6.61. The van der Waals surface area contributed by atoms with Crippen LogP contribution in [0.3, 0.4) is 0 Å². The molecule has 1 fully saturated rings. The standard InChI is InChI=1S/C12H18N6O3/c1-15(2)9-11(19)16-3-5-17(6-4-16)12-13-7-10(8-14-12)18(20)21/h7-8H,3-6,9H2,1-2H3.